The molecule has 1 heterocycles. The van der Waals surface area contributed by atoms with E-state index >= 15 is 0 Å². The molecule has 2 aromatic rings. The third-order valence-electron chi connectivity index (χ3n) is 3.60. The Morgan fingerprint density at radius 1 is 1.30 bits per heavy atom. The molecule has 4 nitrogen and oxygen atoms in total. The van der Waals surface area contributed by atoms with Gasteiger partial charge in [0.25, 0.3) is 0 Å². The van der Waals surface area contributed by atoms with Crippen molar-refractivity contribution in [1.29, 1.82) is 0 Å². The van der Waals surface area contributed by atoms with Crippen LogP contribution in [0.3, 0.4) is 0 Å². The highest BCUT2D eigenvalue weighted by Crippen LogP contribution is 2.35. The minimum atomic E-state index is 0.0786. The fraction of sp³-hybridized carbons (Fsp3) is 0.438. The molecule has 0 aliphatic rings. The largest absolute Gasteiger partial charge is 0.496 e. The SMILES string of the molecule is COc1ccc(C(C)(C)C)cc1-c1n[nH]c(C)c1CN. The molecule has 0 amide bonds. The number of aromatic nitrogens is 2. The number of hydrogen-bond donors (Lipinski definition) is 2. The number of rotatable bonds is 3. The zero-order valence-corrected chi connectivity index (χ0v) is 12.9. The van der Waals surface area contributed by atoms with Crippen LogP contribution >= 0.6 is 0 Å². The summed E-state index contributed by atoms with van der Waals surface area (Å²) in [5, 5.41) is 7.41. The highest BCUT2D eigenvalue weighted by molar-refractivity contribution is 5.71. The molecule has 0 saturated carbocycles. The summed E-state index contributed by atoms with van der Waals surface area (Å²) in [5.41, 5.74) is 11.1. The van der Waals surface area contributed by atoms with Gasteiger partial charge in [0.05, 0.1) is 7.11 Å². The fourth-order valence-corrected chi connectivity index (χ4v) is 2.28. The minimum absolute atomic E-state index is 0.0786. The van der Waals surface area contributed by atoms with Crippen LogP contribution in [0.4, 0.5) is 0 Å². The number of nitrogens with two attached hydrogens (primary N) is 1. The zero-order valence-electron chi connectivity index (χ0n) is 12.9. The van der Waals surface area contributed by atoms with Crippen molar-refractivity contribution in [2.75, 3.05) is 7.11 Å². The van der Waals surface area contributed by atoms with Gasteiger partial charge in [0.2, 0.25) is 0 Å². The first-order valence-electron chi connectivity index (χ1n) is 6.81. The summed E-state index contributed by atoms with van der Waals surface area (Å²) in [7, 11) is 1.68. The van der Waals surface area contributed by atoms with E-state index in [-0.39, 0.29) is 5.41 Å². The number of nitrogens with zero attached hydrogens (tertiary/aromatic N) is 1. The molecule has 0 saturated heterocycles. The van der Waals surface area contributed by atoms with E-state index in [2.05, 4.69) is 43.1 Å². The summed E-state index contributed by atoms with van der Waals surface area (Å²) in [6.07, 6.45) is 0. The molecule has 0 spiro atoms. The molecular weight excluding hydrogens is 250 g/mol. The maximum Gasteiger partial charge on any atom is 0.128 e. The Bertz CT molecular complexity index is 609. The van der Waals surface area contributed by atoms with E-state index in [9.17, 15) is 0 Å². The van der Waals surface area contributed by atoms with Crippen LogP contribution in [0.25, 0.3) is 11.3 Å². The molecular formula is C16H23N3O. The maximum absolute atomic E-state index is 5.85. The highest BCUT2D eigenvalue weighted by Gasteiger charge is 2.20. The molecule has 0 aliphatic heterocycles. The molecule has 0 unspecified atom stereocenters. The lowest BCUT2D eigenvalue weighted by atomic mass is 9.85. The molecule has 0 radical (unpaired) electrons. The van der Waals surface area contributed by atoms with Gasteiger partial charge in [-0.2, -0.15) is 5.10 Å². The van der Waals surface area contributed by atoms with Crippen LogP contribution in [0.2, 0.25) is 0 Å². The molecule has 1 aromatic heterocycles. The lowest BCUT2D eigenvalue weighted by Crippen LogP contribution is -2.11. The van der Waals surface area contributed by atoms with Crippen LogP contribution in [0.1, 0.15) is 37.6 Å². The Morgan fingerprint density at radius 2 is 2.00 bits per heavy atom. The van der Waals surface area contributed by atoms with Crippen molar-refractivity contribution in [3.05, 3.63) is 35.0 Å². The zero-order chi connectivity index (χ0) is 14.9. The molecule has 1 aromatic carbocycles. The van der Waals surface area contributed by atoms with E-state index in [1.54, 1.807) is 7.11 Å². The van der Waals surface area contributed by atoms with Gasteiger partial charge in [-0.3, -0.25) is 5.10 Å². The van der Waals surface area contributed by atoms with E-state index in [0.717, 1.165) is 28.3 Å². The van der Waals surface area contributed by atoms with Gasteiger partial charge in [0.15, 0.2) is 0 Å². The Morgan fingerprint density at radius 3 is 2.55 bits per heavy atom. The first-order chi connectivity index (χ1) is 9.38. The van der Waals surface area contributed by atoms with Crippen molar-refractivity contribution in [3.63, 3.8) is 0 Å². The van der Waals surface area contributed by atoms with Crippen molar-refractivity contribution in [1.82, 2.24) is 10.2 Å². The summed E-state index contributed by atoms with van der Waals surface area (Å²) < 4.78 is 5.48. The van der Waals surface area contributed by atoms with Crippen molar-refractivity contribution >= 4 is 0 Å². The third kappa shape index (κ3) is 2.56. The molecule has 0 fully saturated rings. The highest BCUT2D eigenvalue weighted by atomic mass is 16.5. The van der Waals surface area contributed by atoms with E-state index in [1.807, 2.05) is 13.0 Å². The van der Waals surface area contributed by atoms with E-state index in [4.69, 9.17) is 10.5 Å². The summed E-state index contributed by atoms with van der Waals surface area (Å²) in [4.78, 5) is 0. The predicted molar refractivity (Wildman–Crippen MR) is 81.9 cm³/mol. The number of hydrogen-bond acceptors (Lipinski definition) is 3. The van der Waals surface area contributed by atoms with Gasteiger partial charge >= 0.3 is 0 Å². The monoisotopic (exact) mass is 273 g/mol. The predicted octanol–water partition coefficient (Wildman–Crippen LogP) is 3.15. The van der Waals surface area contributed by atoms with Gasteiger partial charge in [-0.05, 0) is 30.0 Å². The number of ether oxygens (including phenoxy) is 1. The third-order valence-corrected chi connectivity index (χ3v) is 3.60. The van der Waals surface area contributed by atoms with Crippen LogP contribution in [-0.4, -0.2) is 17.3 Å². The molecule has 4 heteroatoms. The minimum Gasteiger partial charge on any atom is -0.496 e. The molecule has 3 N–H and O–H groups in total. The van der Waals surface area contributed by atoms with Crippen molar-refractivity contribution in [2.45, 2.75) is 39.7 Å². The summed E-state index contributed by atoms with van der Waals surface area (Å²) >= 11 is 0. The average Bonchev–Trinajstić information content (AvgIpc) is 2.77. The second kappa shape index (κ2) is 5.29. The Kier molecular flexibility index (Phi) is 3.86. The van der Waals surface area contributed by atoms with Crippen molar-refractivity contribution < 1.29 is 4.74 Å². The first kappa shape index (κ1) is 14.6. The molecule has 20 heavy (non-hydrogen) atoms. The second-order valence-electron chi connectivity index (χ2n) is 6.04. The Balaban J connectivity index is 2.64. The van der Waals surface area contributed by atoms with E-state index in [1.165, 1.54) is 5.56 Å². The van der Waals surface area contributed by atoms with E-state index < -0.39 is 0 Å². The normalized spacial score (nSPS) is 11.7. The Labute approximate surface area is 120 Å². The number of H-pyrrole nitrogens is 1. The molecule has 0 aliphatic carbocycles. The van der Waals surface area contributed by atoms with Crippen LogP contribution in [0.5, 0.6) is 5.75 Å². The molecule has 0 bridgehead atoms. The smallest absolute Gasteiger partial charge is 0.128 e. The maximum atomic E-state index is 5.85. The number of benzene rings is 1. The van der Waals surface area contributed by atoms with Crippen LogP contribution < -0.4 is 10.5 Å². The lowest BCUT2D eigenvalue weighted by Gasteiger charge is -2.21. The summed E-state index contributed by atoms with van der Waals surface area (Å²) in [6.45, 7) is 9.02. The van der Waals surface area contributed by atoms with E-state index in [0.29, 0.717) is 6.54 Å². The first-order valence-corrected chi connectivity index (χ1v) is 6.81. The van der Waals surface area contributed by atoms with Gasteiger partial charge in [0, 0.05) is 23.4 Å². The Hall–Kier alpha value is -1.81. The second-order valence-corrected chi connectivity index (χ2v) is 6.04. The van der Waals surface area contributed by atoms with Gasteiger partial charge < -0.3 is 10.5 Å². The van der Waals surface area contributed by atoms with Gasteiger partial charge in [-0.1, -0.05) is 26.8 Å². The quantitative estimate of drug-likeness (QED) is 0.903. The lowest BCUT2D eigenvalue weighted by molar-refractivity contribution is 0.415. The van der Waals surface area contributed by atoms with Gasteiger partial charge in [-0.15, -0.1) is 0 Å². The topological polar surface area (TPSA) is 63.9 Å². The standard InChI is InChI=1S/C16H23N3O/c1-10-13(9-17)15(19-18-10)12-8-11(16(2,3)4)6-7-14(12)20-5/h6-8H,9,17H2,1-5H3,(H,18,19). The number of aryl methyl sites for hydroxylation is 1. The van der Waals surface area contributed by atoms with Crippen molar-refractivity contribution in [3.8, 4) is 17.0 Å². The summed E-state index contributed by atoms with van der Waals surface area (Å²) in [5.74, 6) is 0.819. The molecule has 2 rings (SSSR count). The number of methoxy groups -OCH3 is 1. The summed E-state index contributed by atoms with van der Waals surface area (Å²) in [6, 6.07) is 6.25. The average molecular weight is 273 g/mol. The van der Waals surface area contributed by atoms with Crippen LogP contribution in [0, 0.1) is 6.92 Å². The molecule has 0 atom stereocenters. The van der Waals surface area contributed by atoms with Crippen molar-refractivity contribution in [2.24, 2.45) is 5.73 Å². The number of nitrogens with one attached hydrogen (secondary N) is 1. The number of aromatic amines is 1. The van der Waals surface area contributed by atoms with Crippen LogP contribution in [0.15, 0.2) is 18.2 Å². The van der Waals surface area contributed by atoms with Gasteiger partial charge in [-0.25, -0.2) is 0 Å². The van der Waals surface area contributed by atoms with Gasteiger partial charge in [0.1, 0.15) is 11.4 Å². The molecule has 108 valence electrons. The van der Waals surface area contributed by atoms with Crippen LogP contribution in [-0.2, 0) is 12.0 Å². The fourth-order valence-electron chi connectivity index (χ4n) is 2.28.